The number of Topliss-reactive ketones (excluding diaryl/α,β-unsaturated/α-hetero) is 1. The molecule has 1 aromatic rings. The lowest BCUT2D eigenvalue weighted by Crippen LogP contribution is -2.11. The van der Waals surface area contributed by atoms with E-state index in [9.17, 15) is 9.59 Å². The SMILES string of the molecule is NCCCCCC(=O)c1nc(C(N)=O)cs1. The molecule has 4 N–H and O–H groups in total. The van der Waals surface area contributed by atoms with Crippen LogP contribution in [0.15, 0.2) is 5.38 Å². The zero-order valence-corrected chi connectivity index (χ0v) is 9.76. The highest BCUT2D eigenvalue weighted by atomic mass is 32.1. The lowest BCUT2D eigenvalue weighted by Gasteiger charge is -1.96. The highest BCUT2D eigenvalue weighted by Gasteiger charge is 2.12. The van der Waals surface area contributed by atoms with E-state index in [0.717, 1.165) is 30.6 Å². The Morgan fingerprint density at radius 1 is 1.31 bits per heavy atom. The van der Waals surface area contributed by atoms with Crippen molar-refractivity contribution in [2.45, 2.75) is 25.7 Å². The van der Waals surface area contributed by atoms with Crippen molar-refractivity contribution in [3.05, 3.63) is 16.1 Å². The summed E-state index contributed by atoms with van der Waals surface area (Å²) in [5.74, 6) is -0.632. The summed E-state index contributed by atoms with van der Waals surface area (Å²) in [4.78, 5) is 26.3. The summed E-state index contributed by atoms with van der Waals surface area (Å²) in [7, 11) is 0. The van der Waals surface area contributed by atoms with Gasteiger partial charge in [-0.3, -0.25) is 9.59 Å². The molecule has 0 radical (unpaired) electrons. The quantitative estimate of drug-likeness (QED) is 0.548. The summed E-state index contributed by atoms with van der Waals surface area (Å²) in [5.41, 5.74) is 10.6. The van der Waals surface area contributed by atoms with Gasteiger partial charge in [-0.1, -0.05) is 6.42 Å². The van der Waals surface area contributed by atoms with Crippen molar-refractivity contribution < 1.29 is 9.59 Å². The molecule has 0 aliphatic heterocycles. The van der Waals surface area contributed by atoms with Crippen LogP contribution in [-0.4, -0.2) is 23.2 Å². The van der Waals surface area contributed by atoms with Crippen molar-refractivity contribution in [2.75, 3.05) is 6.54 Å². The monoisotopic (exact) mass is 241 g/mol. The summed E-state index contributed by atoms with van der Waals surface area (Å²) >= 11 is 1.16. The maximum Gasteiger partial charge on any atom is 0.268 e. The number of hydrogen-bond donors (Lipinski definition) is 2. The van der Waals surface area contributed by atoms with Crippen LogP contribution in [0.4, 0.5) is 0 Å². The van der Waals surface area contributed by atoms with E-state index in [4.69, 9.17) is 11.5 Å². The fraction of sp³-hybridized carbons (Fsp3) is 0.500. The number of hydrogen-bond acceptors (Lipinski definition) is 5. The third-order valence-electron chi connectivity index (χ3n) is 2.10. The molecule has 0 saturated carbocycles. The summed E-state index contributed by atoms with van der Waals surface area (Å²) in [6, 6.07) is 0. The fourth-order valence-electron chi connectivity index (χ4n) is 1.23. The number of ketones is 1. The third kappa shape index (κ3) is 3.71. The number of rotatable bonds is 7. The van der Waals surface area contributed by atoms with Gasteiger partial charge in [0.2, 0.25) is 0 Å². The van der Waals surface area contributed by atoms with Gasteiger partial charge in [0.05, 0.1) is 0 Å². The maximum atomic E-state index is 11.6. The molecule has 0 saturated heterocycles. The number of carbonyl (C=O) groups is 2. The van der Waals surface area contributed by atoms with Gasteiger partial charge in [0.25, 0.3) is 5.91 Å². The first-order valence-corrected chi connectivity index (χ1v) is 6.01. The molecule has 0 aliphatic carbocycles. The van der Waals surface area contributed by atoms with Crippen LogP contribution in [-0.2, 0) is 0 Å². The van der Waals surface area contributed by atoms with Gasteiger partial charge in [0, 0.05) is 11.8 Å². The van der Waals surface area contributed by atoms with Gasteiger partial charge in [0.1, 0.15) is 5.69 Å². The summed E-state index contributed by atoms with van der Waals surface area (Å²) in [5, 5.41) is 1.87. The van der Waals surface area contributed by atoms with Gasteiger partial charge >= 0.3 is 0 Å². The molecule has 1 aromatic heterocycles. The van der Waals surface area contributed by atoms with Gasteiger partial charge in [0.15, 0.2) is 10.8 Å². The second kappa shape index (κ2) is 6.34. The zero-order chi connectivity index (χ0) is 12.0. The number of aromatic nitrogens is 1. The van der Waals surface area contributed by atoms with Crippen LogP contribution < -0.4 is 11.5 Å². The molecule has 88 valence electrons. The molecular formula is C10H15N3O2S. The first-order chi connectivity index (χ1) is 7.65. The molecule has 0 aliphatic rings. The average Bonchev–Trinajstić information content (AvgIpc) is 2.73. The lowest BCUT2D eigenvalue weighted by atomic mass is 10.1. The van der Waals surface area contributed by atoms with E-state index in [2.05, 4.69) is 4.98 Å². The Morgan fingerprint density at radius 2 is 2.06 bits per heavy atom. The predicted octanol–water partition coefficient (Wildman–Crippen LogP) is 0.944. The van der Waals surface area contributed by atoms with Crippen LogP contribution in [0.25, 0.3) is 0 Å². The maximum absolute atomic E-state index is 11.6. The number of nitrogens with zero attached hydrogens (tertiary/aromatic N) is 1. The number of unbranched alkanes of at least 4 members (excludes halogenated alkanes) is 2. The summed E-state index contributed by atoms with van der Waals surface area (Å²) < 4.78 is 0. The Bertz CT molecular complexity index is 376. The number of thiazole rings is 1. The normalized spacial score (nSPS) is 10.3. The van der Waals surface area contributed by atoms with Crippen LogP contribution >= 0.6 is 11.3 Å². The van der Waals surface area contributed by atoms with E-state index in [1.807, 2.05) is 0 Å². The van der Waals surface area contributed by atoms with Crippen molar-refractivity contribution in [1.82, 2.24) is 4.98 Å². The van der Waals surface area contributed by atoms with Crippen LogP contribution in [0.5, 0.6) is 0 Å². The van der Waals surface area contributed by atoms with Gasteiger partial charge in [-0.15, -0.1) is 11.3 Å². The predicted molar refractivity (Wildman–Crippen MR) is 62.5 cm³/mol. The van der Waals surface area contributed by atoms with Crippen LogP contribution in [0.3, 0.4) is 0 Å². The van der Waals surface area contributed by atoms with Crippen molar-refractivity contribution in [3.8, 4) is 0 Å². The Balaban J connectivity index is 2.43. The smallest absolute Gasteiger partial charge is 0.268 e. The molecule has 1 amide bonds. The van der Waals surface area contributed by atoms with Crippen LogP contribution in [0.1, 0.15) is 46.0 Å². The second-order valence-corrected chi connectivity index (χ2v) is 4.28. The number of primary amides is 1. The third-order valence-corrected chi connectivity index (χ3v) is 2.99. The molecule has 6 heteroatoms. The molecule has 0 atom stereocenters. The highest BCUT2D eigenvalue weighted by Crippen LogP contribution is 2.13. The number of nitrogens with two attached hydrogens (primary N) is 2. The molecular weight excluding hydrogens is 226 g/mol. The standard InChI is InChI=1S/C10H15N3O2S/c11-5-3-1-2-4-8(14)10-13-7(6-16-10)9(12)15/h6H,1-5,11H2,(H2,12,15). The molecule has 5 nitrogen and oxygen atoms in total. The first-order valence-electron chi connectivity index (χ1n) is 5.13. The van der Waals surface area contributed by atoms with E-state index in [1.54, 1.807) is 0 Å². The highest BCUT2D eigenvalue weighted by molar-refractivity contribution is 7.11. The molecule has 0 unspecified atom stereocenters. The van der Waals surface area contributed by atoms with Crippen molar-refractivity contribution in [3.63, 3.8) is 0 Å². The largest absolute Gasteiger partial charge is 0.364 e. The molecule has 0 aromatic carbocycles. The van der Waals surface area contributed by atoms with E-state index < -0.39 is 5.91 Å². The number of carbonyl (C=O) groups excluding carboxylic acids is 2. The molecule has 0 spiro atoms. The second-order valence-electron chi connectivity index (χ2n) is 3.42. The van der Waals surface area contributed by atoms with Crippen LogP contribution in [0, 0.1) is 0 Å². The van der Waals surface area contributed by atoms with Crippen molar-refractivity contribution in [1.29, 1.82) is 0 Å². The van der Waals surface area contributed by atoms with Gasteiger partial charge in [-0.2, -0.15) is 0 Å². The molecule has 0 bridgehead atoms. The fourth-order valence-corrected chi connectivity index (χ4v) is 2.01. The Labute approximate surface area is 97.8 Å². The van der Waals surface area contributed by atoms with Gasteiger partial charge in [-0.05, 0) is 19.4 Å². The Morgan fingerprint density at radius 3 is 2.62 bits per heavy atom. The van der Waals surface area contributed by atoms with E-state index in [1.165, 1.54) is 5.38 Å². The van der Waals surface area contributed by atoms with E-state index in [-0.39, 0.29) is 11.5 Å². The Hall–Kier alpha value is -1.27. The molecule has 16 heavy (non-hydrogen) atoms. The molecule has 1 heterocycles. The van der Waals surface area contributed by atoms with Crippen molar-refractivity contribution >= 4 is 23.0 Å². The average molecular weight is 241 g/mol. The lowest BCUT2D eigenvalue weighted by molar-refractivity contribution is 0.0978. The summed E-state index contributed by atoms with van der Waals surface area (Å²) in [6.07, 6.45) is 3.13. The number of amides is 1. The topological polar surface area (TPSA) is 99.1 Å². The minimum atomic E-state index is -0.599. The minimum Gasteiger partial charge on any atom is -0.364 e. The van der Waals surface area contributed by atoms with Crippen molar-refractivity contribution in [2.24, 2.45) is 11.5 Å². The molecule has 1 rings (SSSR count). The van der Waals surface area contributed by atoms with Gasteiger partial charge < -0.3 is 11.5 Å². The minimum absolute atomic E-state index is 0.0329. The van der Waals surface area contributed by atoms with E-state index in [0.29, 0.717) is 18.0 Å². The first kappa shape index (κ1) is 12.8. The summed E-state index contributed by atoms with van der Waals surface area (Å²) in [6.45, 7) is 0.650. The zero-order valence-electron chi connectivity index (χ0n) is 8.94. The Kier molecular flexibility index (Phi) is 5.07. The van der Waals surface area contributed by atoms with Gasteiger partial charge in [-0.25, -0.2) is 4.98 Å². The van der Waals surface area contributed by atoms with Crippen LogP contribution in [0.2, 0.25) is 0 Å². The van der Waals surface area contributed by atoms with E-state index >= 15 is 0 Å². The molecule has 0 fully saturated rings.